The third-order valence-corrected chi connectivity index (χ3v) is 4.10. The van der Waals surface area contributed by atoms with Gasteiger partial charge in [0.1, 0.15) is 17.5 Å². The number of aliphatic hydroxyl groups excluding tert-OH is 1. The minimum absolute atomic E-state index is 0.128. The van der Waals surface area contributed by atoms with Crippen LogP contribution in [0.15, 0.2) is 0 Å². The van der Waals surface area contributed by atoms with Gasteiger partial charge in [-0.1, -0.05) is 20.8 Å². The van der Waals surface area contributed by atoms with Crippen molar-refractivity contribution < 1.29 is 5.11 Å². The van der Waals surface area contributed by atoms with Gasteiger partial charge in [-0.25, -0.2) is 15.8 Å². The fourth-order valence-corrected chi connectivity index (χ4v) is 2.62. The predicted octanol–water partition coefficient (Wildman–Crippen LogP) is 1.58. The first-order valence-electron chi connectivity index (χ1n) is 7.58. The molecule has 0 atom stereocenters. The molecule has 6 heteroatoms. The molecule has 1 aromatic heterocycles. The van der Waals surface area contributed by atoms with Crippen molar-refractivity contribution in [3.63, 3.8) is 0 Å². The summed E-state index contributed by atoms with van der Waals surface area (Å²) < 4.78 is 0. The Bertz CT molecular complexity index is 490. The van der Waals surface area contributed by atoms with Crippen LogP contribution in [0.2, 0.25) is 0 Å². The van der Waals surface area contributed by atoms with Crippen LogP contribution in [-0.2, 0) is 5.41 Å². The summed E-state index contributed by atoms with van der Waals surface area (Å²) in [4.78, 5) is 11.6. The van der Waals surface area contributed by atoms with E-state index in [1.165, 1.54) is 0 Å². The normalized spacial score (nSPS) is 17.1. The Labute approximate surface area is 126 Å². The Balaban J connectivity index is 2.34. The number of aliphatic hydroxyl groups is 1. The van der Waals surface area contributed by atoms with Crippen molar-refractivity contribution in [2.45, 2.75) is 46.0 Å². The molecule has 6 nitrogen and oxygen atoms in total. The number of hydrazine groups is 1. The van der Waals surface area contributed by atoms with Gasteiger partial charge in [0, 0.05) is 30.7 Å². The second-order valence-corrected chi connectivity index (χ2v) is 6.85. The minimum Gasteiger partial charge on any atom is -0.396 e. The van der Waals surface area contributed by atoms with Gasteiger partial charge < -0.3 is 15.4 Å². The topological polar surface area (TPSA) is 87.3 Å². The molecule has 1 aliphatic heterocycles. The van der Waals surface area contributed by atoms with Crippen LogP contribution in [0.4, 0.5) is 11.6 Å². The number of aromatic nitrogens is 2. The highest BCUT2D eigenvalue weighted by Gasteiger charge is 2.25. The summed E-state index contributed by atoms with van der Waals surface area (Å²) in [5.74, 6) is 8.47. The van der Waals surface area contributed by atoms with Gasteiger partial charge in [-0.05, 0) is 25.7 Å². The lowest BCUT2D eigenvalue weighted by Crippen LogP contribution is -2.36. The van der Waals surface area contributed by atoms with Crippen molar-refractivity contribution in [2.24, 2.45) is 11.8 Å². The molecule has 1 saturated heterocycles. The first kappa shape index (κ1) is 16.0. The Kier molecular flexibility index (Phi) is 4.68. The maximum absolute atomic E-state index is 9.26. The van der Waals surface area contributed by atoms with Gasteiger partial charge in [-0.3, -0.25) is 0 Å². The largest absolute Gasteiger partial charge is 0.396 e. The van der Waals surface area contributed by atoms with E-state index in [1.807, 2.05) is 6.92 Å². The molecule has 0 aliphatic carbocycles. The molecule has 1 aliphatic rings. The van der Waals surface area contributed by atoms with E-state index in [9.17, 15) is 5.11 Å². The Morgan fingerprint density at radius 2 is 1.90 bits per heavy atom. The lowest BCUT2D eigenvalue weighted by atomic mass is 9.95. The van der Waals surface area contributed by atoms with Crippen molar-refractivity contribution in [2.75, 3.05) is 30.0 Å². The summed E-state index contributed by atoms with van der Waals surface area (Å²) >= 11 is 0. The maximum Gasteiger partial charge on any atom is 0.148 e. The third-order valence-electron chi connectivity index (χ3n) is 4.10. The number of hydrogen-bond acceptors (Lipinski definition) is 6. The summed E-state index contributed by atoms with van der Waals surface area (Å²) in [7, 11) is 0. The summed E-state index contributed by atoms with van der Waals surface area (Å²) in [6.45, 7) is 10.4. The zero-order valence-corrected chi connectivity index (χ0v) is 13.5. The molecule has 0 radical (unpaired) electrons. The second kappa shape index (κ2) is 6.15. The van der Waals surface area contributed by atoms with E-state index in [2.05, 4.69) is 36.1 Å². The fraction of sp³-hybridized carbons (Fsp3) is 0.733. The molecule has 118 valence electrons. The van der Waals surface area contributed by atoms with Gasteiger partial charge in [0.25, 0.3) is 0 Å². The molecule has 0 amide bonds. The van der Waals surface area contributed by atoms with Crippen LogP contribution in [0.1, 0.15) is 45.0 Å². The molecule has 0 aromatic carbocycles. The lowest BCUT2D eigenvalue weighted by Gasteiger charge is -2.34. The monoisotopic (exact) mass is 293 g/mol. The van der Waals surface area contributed by atoms with E-state index in [0.29, 0.717) is 11.7 Å². The Hall–Kier alpha value is -1.40. The highest BCUT2D eigenvalue weighted by Crippen LogP contribution is 2.30. The van der Waals surface area contributed by atoms with Gasteiger partial charge in [0.05, 0.1) is 0 Å². The van der Waals surface area contributed by atoms with E-state index in [-0.39, 0.29) is 12.0 Å². The van der Waals surface area contributed by atoms with Crippen molar-refractivity contribution in [3.8, 4) is 0 Å². The van der Waals surface area contributed by atoms with Crippen LogP contribution in [0, 0.1) is 12.8 Å². The molecule has 1 fully saturated rings. The zero-order chi connectivity index (χ0) is 15.6. The lowest BCUT2D eigenvalue weighted by molar-refractivity contribution is 0.202. The SMILES string of the molecule is Cc1c(NN)nc(C(C)(C)C)nc1N1CCC(CO)CC1. The molecule has 21 heavy (non-hydrogen) atoms. The first-order chi connectivity index (χ1) is 9.86. The van der Waals surface area contributed by atoms with Crippen LogP contribution in [-0.4, -0.2) is 34.8 Å². The fourth-order valence-electron chi connectivity index (χ4n) is 2.62. The number of hydrogen-bond donors (Lipinski definition) is 3. The second-order valence-electron chi connectivity index (χ2n) is 6.85. The molecular formula is C15H27N5O. The van der Waals surface area contributed by atoms with E-state index >= 15 is 0 Å². The number of nitrogen functional groups attached to an aromatic ring is 1. The summed E-state index contributed by atoms with van der Waals surface area (Å²) in [6, 6.07) is 0. The van der Waals surface area contributed by atoms with Crippen LogP contribution in [0.25, 0.3) is 0 Å². The van der Waals surface area contributed by atoms with Crippen LogP contribution in [0.5, 0.6) is 0 Å². The molecule has 4 N–H and O–H groups in total. The molecule has 0 spiro atoms. The average Bonchev–Trinajstić information content (AvgIpc) is 2.46. The average molecular weight is 293 g/mol. The van der Waals surface area contributed by atoms with Gasteiger partial charge in [-0.15, -0.1) is 0 Å². The van der Waals surface area contributed by atoms with Gasteiger partial charge >= 0.3 is 0 Å². The number of nitrogens with one attached hydrogen (secondary N) is 1. The minimum atomic E-state index is -0.128. The van der Waals surface area contributed by atoms with Crippen LogP contribution < -0.4 is 16.2 Å². The molecule has 0 unspecified atom stereocenters. The van der Waals surface area contributed by atoms with Crippen LogP contribution in [0.3, 0.4) is 0 Å². The van der Waals surface area contributed by atoms with Crippen molar-refractivity contribution >= 4 is 11.6 Å². The molecule has 1 aromatic rings. The number of nitrogens with two attached hydrogens (primary N) is 1. The quantitative estimate of drug-likeness (QED) is 0.579. The van der Waals surface area contributed by atoms with Crippen molar-refractivity contribution in [3.05, 3.63) is 11.4 Å². The molecule has 2 rings (SSSR count). The molecule has 0 bridgehead atoms. The van der Waals surface area contributed by atoms with Crippen molar-refractivity contribution in [1.82, 2.24) is 9.97 Å². The van der Waals surface area contributed by atoms with Gasteiger partial charge in [0.15, 0.2) is 0 Å². The highest BCUT2D eigenvalue weighted by molar-refractivity contribution is 5.58. The summed E-state index contributed by atoms with van der Waals surface area (Å²) in [6.07, 6.45) is 1.99. The summed E-state index contributed by atoms with van der Waals surface area (Å²) in [5, 5.41) is 9.26. The van der Waals surface area contributed by atoms with Crippen LogP contribution >= 0.6 is 0 Å². The maximum atomic E-state index is 9.26. The number of nitrogens with zero attached hydrogens (tertiary/aromatic N) is 3. The molecular weight excluding hydrogens is 266 g/mol. The van der Waals surface area contributed by atoms with E-state index in [0.717, 1.165) is 43.1 Å². The van der Waals surface area contributed by atoms with E-state index < -0.39 is 0 Å². The predicted molar refractivity (Wildman–Crippen MR) is 85.3 cm³/mol. The number of piperidine rings is 1. The number of anilines is 2. The Morgan fingerprint density at radius 1 is 1.29 bits per heavy atom. The zero-order valence-electron chi connectivity index (χ0n) is 13.5. The standard InChI is InChI=1S/C15H27N5O/c1-10-12(19-16)17-14(15(2,3)4)18-13(10)20-7-5-11(9-21)6-8-20/h11,21H,5-9,16H2,1-4H3,(H,17,18,19). The summed E-state index contributed by atoms with van der Waals surface area (Å²) in [5.41, 5.74) is 3.54. The van der Waals surface area contributed by atoms with Crippen molar-refractivity contribution in [1.29, 1.82) is 0 Å². The van der Waals surface area contributed by atoms with Gasteiger partial charge in [0.2, 0.25) is 0 Å². The van der Waals surface area contributed by atoms with E-state index in [4.69, 9.17) is 10.8 Å². The first-order valence-corrected chi connectivity index (χ1v) is 7.58. The van der Waals surface area contributed by atoms with Gasteiger partial charge in [-0.2, -0.15) is 0 Å². The molecule has 2 heterocycles. The number of rotatable bonds is 3. The highest BCUT2D eigenvalue weighted by atomic mass is 16.3. The molecule has 0 saturated carbocycles. The Morgan fingerprint density at radius 3 is 2.38 bits per heavy atom. The van der Waals surface area contributed by atoms with E-state index in [1.54, 1.807) is 0 Å². The third kappa shape index (κ3) is 3.44. The smallest absolute Gasteiger partial charge is 0.148 e.